The Labute approximate surface area is 96.5 Å². The van der Waals surface area contributed by atoms with Crippen molar-refractivity contribution in [2.24, 2.45) is 5.41 Å². The van der Waals surface area contributed by atoms with Crippen LogP contribution < -0.4 is 0 Å². The van der Waals surface area contributed by atoms with Gasteiger partial charge in [-0.15, -0.1) is 0 Å². The van der Waals surface area contributed by atoms with Crippen LogP contribution in [-0.4, -0.2) is 32.6 Å². The van der Waals surface area contributed by atoms with E-state index < -0.39 is 6.16 Å². The summed E-state index contributed by atoms with van der Waals surface area (Å²) in [6.07, 6.45) is 0.799. The molecule has 92 valence electrons. The maximum atomic E-state index is 5.64. The summed E-state index contributed by atoms with van der Waals surface area (Å²) in [6, 6.07) is 0. The first-order chi connectivity index (χ1) is 7.64. The summed E-state index contributed by atoms with van der Waals surface area (Å²) >= 11 is 0. The lowest BCUT2D eigenvalue weighted by molar-refractivity contribution is -0.530. The molecule has 0 aliphatic carbocycles. The molecule has 1 spiro atoms. The van der Waals surface area contributed by atoms with Crippen LogP contribution >= 0.6 is 0 Å². The fourth-order valence-corrected chi connectivity index (χ4v) is 1.86. The Morgan fingerprint density at radius 1 is 1.00 bits per heavy atom. The molecule has 0 N–H and O–H groups in total. The topological polar surface area (TPSA) is 36.9 Å². The van der Waals surface area contributed by atoms with Gasteiger partial charge in [0, 0.05) is 5.41 Å². The van der Waals surface area contributed by atoms with Crippen LogP contribution in [-0.2, 0) is 18.9 Å². The van der Waals surface area contributed by atoms with E-state index in [2.05, 4.69) is 20.4 Å². The Morgan fingerprint density at radius 3 is 1.94 bits per heavy atom. The van der Waals surface area contributed by atoms with E-state index in [-0.39, 0.29) is 5.41 Å². The van der Waals surface area contributed by atoms with Gasteiger partial charge in [-0.2, -0.15) is 0 Å². The molecule has 0 unspecified atom stereocenters. The second-order valence-corrected chi connectivity index (χ2v) is 4.61. The van der Waals surface area contributed by atoms with Gasteiger partial charge in [0.15, 0.2) is 0 Å². The predicted molar refractivity (Wildman–Crippen MR) is 58.7 cm³/mol. The molecule has 4 nitrogen and oxygen atoms in total. The molecule has 0 aromatic rings. The van der Waals surface area contributed by atoms with Gasteiger partial charge in [-0.1, -0.05) is 20.4 Å². The van der Waals surface area contributed by atoms with Crippen molar-refractivity contribution in [1.82, 2.24) is 0 Å². The van der Waals surface area contributed by atoms with Crippen molar-refractivity contribution in [3.05, 3.63) is 12.2 Å². The van der Waals surface area contributed by atoms with Gasteiger partial charge < -0.3 is 9.47 Å². The van der Waals surface area contributed by atoms with Gasteiger partial charge in [-0.05, 0) is 18.4 Å². The first-order valence-corrected chi connectivity index (χ1v) is 5.86. The first kappa shape index (κ1) is 12.0. The summed E-state index contributed by atoms with van der Waals surface area (Å²) in [7, 11) is 0. The lowest BCUT2D eigenvalue weighted by Crippen LogP contribution is -2.54. The summed E-state index contributed by atoms with van der Waals surface area (Å²) in [6.45, 7) is 10.2. The SMILES string of the molecule is C=C1COC2(OC1)OCC(CC)(CC)CO2. The highest BCUT2D eigenvalue weighted by Crippen LogP contribution is 2.37. The molecule has 0 radical (unpaired) electrons. The summed E-state index contributed by atoms with van der Waals surface area (Å²) in [5, 5.41) is 0. The van der Waals surface area contributed by atoms with Crippen molar-refractivity contribution in [2.75, 3.05) is 26.4 Å². The fraction of sp³-hybridized carbons (Fsp3) is 0.833. The van der Waals surface area contributed by atoms with Crippen molar-refractivity contribution in [3.8, 4) is 0 Å². The van der Waals surface area contributed by atoms with Crippen molar-refractivity contribution in [2.45, 2.75) is 32.8 Å². The summed E-state index contributed by atoms with van der Waals surface area (Å²) in [5.41, 5.74) is 1.01. The van der Waals surface area contributed by atoms with E-state index in [9.17, 15) is 0 Å². The maximum Gasteiger partial charge on any atom is 0.413 e. The van der Waals surface area contributed by atoms with Crippen molar-refractivity contribution >= 4 is 0 Å². The van der Waals surface area contributed by atoms with Gasteiger partial charge in [0.2, 0.25) is 0 Å². The molecular weight excluding hydrogens is 208 g/mol. The molecule has 0 atom stereocenters. The van der Waals surface area contributed by atoms with Gasteiger partial charge in [-0.3, -0.25) is 9.47 Å². The number of rotatable bonds is 2. The molecule has 16 heavy (non-hydrogen) atoms. The highest BCUT2D eigenvalue weighted by Gasteiger charge is 2.47. The highest BCUT2D eigenvalue weighted by molar-refractivity contribution is 4.97. The Balaban J connectivity index is 1.96. The van der Waals surface area contributed by atoms with E-state index in [1.54, 1.807) is 0 Å². The quantitative estimate of drug-likeness (QED) is 0.678. The second kappa shape index (κ2) is 4.45. The third-order valence-electron chi connectivity index (χ3n) is 3.52. The summed E-state index contributed by atoms with van der Waals surface area (Å²) in [4.78, 5) is 0. The van der Waals surface area contributed by atoms with Crippen LogP contribution in [0.4, 0.5) is 0 Å². The van der Waals surface area contributed by atoms with Crippen molar-refractivity contribution in [3.63, 3.8) is 0 Å². The molecule has 2 rings (SSSR count). The van der Waals surface area contributed by atoms with E-state index >= 15 is 0 Å². The Kier molecular flexibility index (Phi) is 3.35. The molecule has 2 saturated heterocycles. The fourth-order valence-electron chi connectivity index (χ4n) is 1.86. The van der Waals surface area contributed by atoms with Crippen LogP contribution in [0.15, 0.2) is 12.2 Å². The second-order valence-electron chi connectivity index (χ2n) is 4.61. The van der Waals surface area contributed by atoms with Crippen LogP contribution in [0.5, 0.6) is 0 Å². The van der Waals surface area contributed by atoms with Gasteiger partial charge in [0.05, 0.1) is 26.4 Å². The van der Waals surface area contributed by atoms with Crippen LogP contribution in [0, 0.1) is 5.41 Å². The maximum absolute atomic E-state index is 5.64. The minimum Gasteiger partial charge on any atom is -0.303 e. The van der Waals surface area contributed by atoms with Gasteiger partial charge >= 0.3 is 6.16 Å². The number of hydrogen-bond donors (Lipinski definition) is 0. The normalized spacial score (nSPS) is 28.2. The van der Waals surface area contributed by atoms with E-state index in [0.29, 0.717) is 26.4 Å². The summed E-state index contributed by atoms with van der Waals surface area (Å²) < 4.78 is 22.2. The van der Waals surface area contributed by atoms with Gasteiger partial charge in [0.25, 0.3) is 0 Å². The minimum absolute atomic E-state index is 0.104. The zero-order valence-corrected chi connectivity index (χ0v) is 10.1. The van der Waals surface area contributed by atoms with E-state index in [1.807, 2.05) is 0 Å². The average Bonchev–Trinajstić information content (AvgIpc) is 2.35. The third-order valence-corrected chi connectivity index (χ3v) is 3.52. The minimum atomic E-state index is -1.27. The first-order valence-electron chi connectivity index (χ1n) is 5.86. The lowest BCUT2D eigenvalue weighted by atomic mass is 9.84. The Hall–Kier alpha value is -0.420. The van der Waals surface area contributed by atoms with Gasteiger partial charge in [0.1, 0.15) is 0 Å². The molecule has 4 heteroatoms. The van der Waals surface area contributed by atoms with Crippen LogP contribution in [0.1, 0.15) is 26.7 Å². The Morgan fingerprint density at radius 2 is 1.50 bits per heavy atom. The molecule has 0 saturated carbocycles. The van der Waals surface area contributed by atoms with Crippen molar-refractivity contribution in [1.29, 1.82) is 0 Å². The smallest absolute Gasteiger partial charge is 0.303 e. The molecule has 0 bridgehead atoms. The van der Waals surface area contributed by atoms with E-state index in [4.69, 9.17) is 18.9 Å². The number of hydrogen-bond acceptors (Lipinski definition) is 4. The van der Waals surface area contributed by atoms with Crippen LogP contribution in [0.25, 0.3) is 0 Å². The molecule has 2 aliphatic rings. The van der Waals surface area contributed by atoms with Gasteiger partial charge in [-0.25, -0.2) is 0 Å². The Bertz CT molecular complexity index is 248. The molecule has 2 heterocycles. The molecule has 2 aliphatic heterocycles. The number of ether oxygens (including phenoxy) is 4. The molecule has 0 amide bonds. The predicted octanol–water partition coefficient (Wildman–Crippen LogP) is 2.05. The largest absolute Gasteiger partial charge is 0.413 e. The molecule has 2 fully saturated rings. The van der Waals surface area contributed by atoms with Crippen molar-refractivity contribution < 1.29 is 18.9 Å². The van der Waals surface area contributed by atoms with Crippen LogP contribution in [0.2, 0.25) is 0 Å². The zero-order chi connectivity index (χ0) is 11.6. The lowest BCUT2D eigenvalue weighted by Gasteiger charge is -2.45. The molecule has 0 aromatic carbocycles. The average molecular weight is 228 g/mol. The van der Waals surface area contributed by atoms with Crippen LogP contribution in [0.3, 0.4) is 0 Å². The monoisotopic (exact) mass is 228 g/mol. The zero-order valence-electron chi connectivity index (χ0n) is 10.1. The van der Waals surface area contributed by atoms with E-state index in [1.165, 1.54) is 0 Å². The molecular formula is C12H20O4. The highest BCUT2D eigenvalue weighted by atomic mass is 17.0. The standard InChI is InChI=1S/C12H20O4/c1-4-11(5-2)8-15-12(16-9-11)13-6-10(3)7-14-12/h3-9H2,1-2H3. The third kappa shape index (κ3) is 2.15. The summed E-state index contributed by atoms with van der Waals surface area (Å²) in [5.74, 6) is 0. The molecule has 0 aromatic heterocycles. The van der Waals surface area contributed by atoms with E-state index in [0.717, 1.165) is 18.4 Å².